The van der Waals surface area contributed by atoms with E-state index in [2.05, 4.69) is 101 Å². The van der Waals surface area contributed by atoms with Crippen LogP contribution in [0.4, 0.5) is 0 Å². The van der Waals surface area contributed by atoms with Gasteiger partial charge >= 0.3 is 11.9 Å². The fraction of sp³-hybridized carbons (Fsp3) is 0.494. The van der Waals surface area contributed by atoms with Crippen molar-refractivity contribution in [1.82, 2.24) is 101 Å². The number of amides is 13. The lowest BCUT2D eigenvalue weighted by Gasteiger charge is -2.36. The van der Waals surface area contributed by atoms with Crippen LogP contribution < -0.4 is 152 Å². The maximum absolute atomic E-state index is 15.1. The van der Waals surface area contributed by atoms with Crippen molar-refractivity contribution in [3.8, 4) is 28.7 Å². The number of phenolic OH excluding ortho intramolecular Hbond substituents is 3. The highest BCUT2D eigenvalue weighted by Crippen LogP contribution is 2.57. The number of guanidine groups is 6. The first-order chi connectivity index (χ1) is 68.0. The van der Waals surface area contributed by atoms with E-state index in [1.165, 1.54) is 78.9 Å². The Hall–Kier alpha value is -16.3. The lowest BCUT2D eigenvalue weighted by atomic mass is 9.77. The number of phenols is 3. The molecule has 0 radical (unpaired) electrons. The Morgan fingerprint density at radius 2 is 0.699 bits per heavy atom. The summed E-state index contributed by atoms with van der Waals surface area (Å²) in [6.07, 6.45) is -2.21. The van der Waals surface area contributed by atoms with Gasteiger partial charge in [0.25, 0.3) is 5.91 Å². The second-order valence-corrected chi connectivity index (χ2v) is 33.7. The molecule has 0 unspecified atom stereocenters. The van der Waals surface area contributed by atoms with Crippen molar-refractivity contribution in [2.45, 2.75) is 207 Å². The molecule has 13 amide bonds. The van der Waals surface area contributed by atoms with Gasteiger partial charge in [0.2, 0.25) is 70.9 Å². The number of aromatic hydroxyl groups is 3. The number of carboxylic acid groups (broad SMARTS) is 1. The van der Waals surface area contributed by atoms with Crippen LogP contribution >= 0.6 is 0 Å². The smallest absolute Gasteiger partial charge is 0.340 e. The van der Waals surface area contributed by atoms with Gasteiger partial charge in [-0.2, -0.15) is 0 Å². The molecule has 0 saturated heterocycles. The first-order valence-corrected chi connectivity index (χ1v) is 46.4. The molecular formula is C89H135N33O21. The quantitative estimate of drug-likeness (QED) is 0.00845. The Kier molecular flexibility index (Phi) is 47.8. The summed E-state index contributed by atoms with van der Waals surface area (Å²) in [7, 11) is 1.67. The third-order valence-corrected chi connectivity index (χ3v) is 22.5. The van der Waals surface area contributed by atoms with Gasteiger partial charge in [-0.1, -0.05) is 12.1 Å². The zero-order valence-corrected chi connectivity index (χ0v) is 79.3. The van der Waals surface area contributed by atoms with Gasteiger partial charge in [-0.05, 0) is 202 Å². The van der Waals surface area contributed by atoms with Crippen LogP contribution in [0.2, 0.25) is 0 Å². The third-order valence-electron chi connectivity index (χ3n) is 22.5. The van der Waals surface area contributed by atoms with Crippen molar-refractivity contribution >= 4 is 124 Å². The number of carbonyl (C=O) groups excluding carboxylic acids is 14. The number of carboxylic acids is 1. The second kappa shape index (κ2) is 59.2. The van der Waals surface area contributed by atoms with Gasteiger partial charge < -0.3 is 177 Å². The minimum absolute atomic E-state index is 0.00382. The van der Waals surface area contributed by atoms with Crippen molar-refractivity contribution in [3.05, 3.63) is 112 Å². The molecule has 4 aromatic carbocycles. The molecule has 6 rings (SSSR count). The Morgan fingerprint density at radius 3 is 1.07 bits per heavy atom. The zero-order chi connectivity index (χ0) is 105. The number of benzene rings is 4. The monoisotopic (exact) mass is 2000 g/mol. The number of carbonyl (C=O) groups is 15. The van der Waals surface area contributed by atoms with E-state index < -0.39 is 210 Å². The molecule has 45 N–H and O–H groups in total. The highest BCUT2D eigenvalue weighted by atomic mass is 16.6. The number of primary amides is 1. The summed E-state index contributed by atoms with van der Waals surface area (Å²) in [4.78, 5) is 213. The van der Waals surface area contributed by atoms with Gasteiger partial charge in [-0.15, -0.1) is 0 Å². The lowest BCUT2D eigenvalue weighted by Crippen LogP contribution is -2.60. The normalized spacial score (nSPS) is 13.8. The molecule has 1 spiro atoms. The zero-order valence-electron chi connectivity index (χ0n) is 79.3. The standard InChI is InChI=1S/C89H135N33O21/c1-104-34-5-3-13-58(75(133)117-59(15-7-36-107-84(94)95)76(134)118-61(17-9-38-109-86(98)99)78(136)121-63(30-31-68(91)126)80(138)120-60(16-8-37-108-85(96)97)77(135)119-62(18-10-39-110-87(100)101)79(137)122-64(81(139)140)19-11-40-111-88(102)103)116-74(132)57(12-2-4-33-90)115-73(131)56(14-6-35-106-83(92)93)113-70(128)46-112-72(130)65(42-47-20-23-49(123)24-21-47)114-69(127)32-41-105-71(129)48-22-27-52-55(43-48)89(143-82(52)141)53-28-25-50(124)44-66(53)142-67-45-51(125)26-29-54(67)89/h20-29,43-45,56-65,104,123-125H,2-19,30-42,46,90H2,1H3,(H2,91,126)(H,105,129)(H,112,130)(H,113,128)(H,114,127)(H,115,131)(H,116,132)(H,117,133)(H,118,134)(H,119,135)(H,120,138)(H,121,136)(H,122,137)(H,139,140)(H4,92,93,106)(H4,94,95,107)(H4,96,97,108)(H4,98,99,109)(H4,100,101,110)(H4,102,103,111)/t56-,57-,58-,59-,60-,61-,62-,63-,64-,65-/m0/s1. The average Bonchev–Trinajstić information content (AvgIpc) is 1.56. The van der Waals surface area contributed by atoms with Crippen LogP contribution in [0.25, 0.3) is 0 Å². The van der Waals surface area contributed by atoms with Crippen molar-refractivity contribution in [2.24, 2.45) is 45.9 Å². The molecule has 2 aliphatic rings. The highest BCUT2D eigenvalue weighted by Gasteiger charge is 2.54. The lowest BCUT2D eigenvalue weighted by molar-refractivity contribution is -0.142. The number of hydrogen-bond acceptors (Lipinski definition) is 28. The molecule has 0 bridgehead atoms. The van der Waals surface area contributed by atoms with E-state index in [1.54, 1.807) is 7.05 Å². The van der Waals surface area contributed by atoms with Crippen LogP contribution in [-0.4, -0.2) is 278 Å². The minimum Gasteiger partial charge on any atom is -0.508 e. The van der Waals surface area contributed by atoms with Crippen LogP contribution in [-0.2, 0) is 79.1 Å². The van der Waals surface area contributed by atoms with Crippen molar-refractivity contribution in [2.75, 3.05) is 72.5 Å². The summed E-state index contributed by atoms with van der Waals surface area (Å²) in [6.45, 7) is -0.759. The summed E-state index contributed by atoms with van der Waals surface area (Å²) in [5.74, 6) is -17.7. The van der Waals surface area contributed by atoms with Crippen LogP contribution in [0.1, 0.15) is 178 Å². The Labute approximate surface area is 822 Å². The summed E-state index contributed by atoms with van der Waals surface area (Å²) in [6, 6.07) is 2.39. The third kappa shape index (κ3) is 39.5. The summed E-state index contributed by atoms with van der Waals surface area (Å²) in [5, 5.41) is 136. The second-order valence-electron chi connectivity index (χ2n) is 33.7. The Bertz CT molecular complexity index is 5110. The first-order valence-electron chi connectivity index (χ1n) is 46.4. The number of nitrogens with two attached hydrogens (primary N) is 8. The van der Waals surface area contributed by atoms with Crippen LogP contribution in [0.5, 0.6) is 28.7 Å². The van der Waals surface area contributed by atoms with E-state index in [0.29, 0.717) is 36.1 Å². The molecule has 4 aromatic rings. The number of esters is 1. The fourth-order valence-electron chi connectivity index (χ4n) is 15.3. The number of ether oxygens (including phenoxy) is 2. The Balaban J connectivity index is 1.22. The largest absolute Gasteiger partial charge is 0.508 e. The SMILES string of the molecule is CNCCCC[C@H](NC(=O)[C@H](CCCCN)NC(=O)[C@H](CCCNC(=N)N)NC(=O)CNC(=O)[C@H](Cc1ccc(O)cc1)NC(=O)CCNC(=O)c1ccc2c(c1)C1(OC2=O)c2ccc(O)cc2Oc2cc(O)ccc21)C(=O)N[C@@H](CCCNC(=N)N)C(=O)N[C@@H](CCCNC(=N)N)C(=O)N[C@@H](CCC(N)=O)C(=O)N[C@@H](CCCNC(=N)N)C(=O)N[C@@H](CCCNC(=N)N)C(=O)N[C@@H](CCCNC(=N)N)C(=O)O. The molecule has 0 fully saturated rings. The highest BCUT2D eigenvalue weighted by molar-refractivity contribution is 6.03. The number of unbranched alkanes of at least 4 members (excludes halogenated alkanes) is 2. The first kappa shape index (κ1) is 115. The molecule has 0 aliphatic carbocycles. The maximum Gasteiger partial charge on any atom is 0.340 e. The number of nitrogens with one attached hydrogen (secondary N) is 25. The summed E-state index contributed by atoms with van der Waals surface area (Å²) >= 11 is 0. The molecule has 143 heavy (non-hydrogen) atoms. The Morgan fingerprint density at radius 1 is 0.350 bits per heavy atom. The van der Waals surface area contributed by atoms with Crippen molar-refractivity contribution in [3.63, 3.8) is 0 Å². The predicted octanol–water partition coefficient (Wildman–Crippen LogP) is -6.85. The van der Waals surface area contributed by atoms with E-state index in [1.807, 2.05) is 0 Å². The minimum atomic E-state index is -1.78. The molecule has 2 aliphatic heterocycles. The topological polar surface area (TPSA) is 935 Å². The van der Waals surface area contributed by atoms with Gasteiger partial charge in [0.05, 0.1) is 12.1 Å². The van der Waals surface area contributed by atoms with Crippen LogP contribution in [0, 0.1) is 32.5 Å². The van der Waals surface area contributed by atoms with E-state index in [0.717, 1.165) is 0 Å². The molecule has 54 nitrogen and oxygen atoms in total. The van der Waals surface area contributed by atoms with Gasteiger partial charge in [0.15, 0.2) is 41.4 Å². The van der Waals surface area contributed by atoms with E-state index in [4.69, 9.17) is 87.8 Å². The summed E-state index contributed by atoms with van der Waals surface area (Å²) in [5.41, 5.74) is 44.3. The van der Waals surface area contributed by atoms with Gasteiger partial charge in [0, 0.05) is 99.5 Å². The molecular weight excluding hydrogens is 1870 g/mol. The summed E-state index contributed by atoms with van der Waals surface area (Å²) < 4.78 is 12.2. The molecule has 10 atom stereocenters. The average molecular weight is 2000 g/mol. The van der Waals surface area contributed by atoms with Crippen molar-refractivity contribution in [1.29, 1.82) is 32.5 Å². The van der Waals surface area contributed by atoms with E-state index in [9.17, 15) is 82.8 Å². The van der Waals surface area contributed by atoms with Gasteiger partial charge in [-0.3, -0.25) is 94.8 Å². The number of fused-ring (bicyclic) bond motifs is 6. The fourth-order valence-corrected chi connectivity index (χ4v) is 15.3. The molecule has 782 valence electrons. The molecule has 0 aromatic heterocycles. The molecule has 2 heterocycles. The van der Waals surface area contributed by atoms with E-state index in [-0.39, 0.29) is 213 Å². The van der Waals surface area contributed by atoms with E-state index >= 15 is 9.59 Å². The molecule has 54 heteroatoms. The molecule has 0 saturated carbocycles. The number of rotatable bonds is 64. The van der Waals surface area contributed by atoms with Gasteiger partial charge in [0.1, 0.15) is 89.2 Å². The predicted molar refractivity (Wildman–Crippen MR) is 521 cm³/mol. The van der Waals surface area contributed by atoms with Crippen LogP contribution in [0.3, 0.4) is 0 Å². The number of aliphatic carboxylic acids is 1. The van der Waals surface area contributed by atoms with Crippen molar-refractivity contribution < 1.29 is 102 Å². The maximum atomic E-state index is 15.1. The van der Waals surface area contributed by atoms with Gasteiger partial charge in [-0.25, -0.2) is 9.59 Å². The number of hydrogen-bond donors (Lipinski definition) is 37. The van der Waals surface area contributed by atoms with Crippen LogP contribution in [0.15, 0.2) is 78.9 Å².